The molecule has 4 aromatic carbocycles. The van der Waals surface area contributed by atoms with Gasteiger partial charge in [0.15, 0.2) is 5.69 Å². The topological polar surface area (TPSA) is 144 Å². The Labute approximate surface area is 331 Å². The van der Waals surface area contributed by atoms with E-state index < -0.39 is 5.23 Å². The third kappa shape index (κ3) is 7.43. The molecule has 0 spiro atoms. The van der Waals surface area contributed by atoms with E-state index in [-0.39, 0.29) is 30.1 Å². The third-order valence-corrected chi connectivity index (χ3v) is 11.7. The number of H-pyrrole nitrogens is 1. The fourth-order valence-electron chi connectivity index (χ4n) is 8.22. The summed E-state index contributed by atoms with van der Waals surface area (Å²) >= 11 is 0. The summed E-state index contributed by atoms with van der Waals surface area (Å²) < 4.78 is 13.1. The average molecular weight is 770 g/mol. The van der Waals surface area contributed by atoms with Gasteiger partial charge in [-0.2, -0.15) is 10.3 Å². The maximum atomic E-state index is 15.0. The number of hydrogen-bond acceptors (Lipinski definition) is 8. The van der Waals surface area contributed by atoms with Crippen LogP contribution in [0.3, 0.4) is 0 Å². The lowest BCUT2D eigenvalue weighted by atomic mass is 9.92. The zero-order valence-corrected chi connectivity index (χ0v) is 32.6. The zero-order valence-electron chi connectivity index (χ0n) is 32.6. The smallest absolute Gasteiger partial charge is 0.260 e. The number of amides is 2. The molecule has 294 valence electrons. The van der Waals surface area contributed by atoms with E-state index in [4.69, 9.17) is 9.47 Å². The van der Waals surface area contributed by atoms with Crippen LogP contribution in [0.15, 0.2) is 91.1 Å². The van der Waals surface area contributed by atoms with Crippen LogP contribution in [0.25, 0.3) is 22.2 Å². The molecule has 13 nitrogen and oxygen atoms in total. The summed E-state index contributed by atoms with van der Waals surface area (Å²) in [7, 11) is 3.47. The molecule has 57 heavy (non-hydrogen) atoms. The summed E-state index contributed by atoms with van der Waals surface area (Å²) in [6.07, 6.45) is 2.43. The second kappa shape index (κ2) is 16.0. The molecule has 13 heteroatoms. The summed E-state index contributed by atoms with van der Waals surface area (Å²) in [5.74, 6) is 0.285. The quantitative estimate of drug-likeness (QED) is 0.159. The van der Waals surface area contributed by atoms with Gasteiger partial charge in [0.2, 0.25) is 0 Å². The van der Waals surface area contributed by atoms with Crippen molar-refractivity contribution in [2.24, 2.45) is 7.05 Å². The van der Waals surface area contributed by atoms with E-state index in [0.717, 1.165) is 46.4 Å². The molecule has 2 atom stereocenters. The summed E-state index contributed by atoms with van der Waals surface area (Å²) in [5, 5.41) is 29.5. The number of anilines is 1. The van der Waals surface area contributed by atoms with Crippen LogP contribution in [0.5, 0.6) is 5.75 Å². The van der Waals surface area contributed by atoms with Gasteiger partial charge in [0, 0.05) is 85.0 Å². The Hall–Kier alpha value is -5.83. The molecule has 0 saturated carbocycles. The monoisotopic (exact) mass is 769 g/mol. The van der Waals surface area contributed by atoms with Gasteiger partial charge in [0.05, 0.1) is 44.1 Å². The molecule has 0 aliphatic carbocycles. The van der Waals surface area contributed by atoms with E-state index in [1.165, 1.54) is 11.6 Å². The second-order valence-electron chi connectivity index (χ2n) is 14.9. The van der Waals surface area contributed by atoms with Crippen LogP contribution in [-0.2, 0) is 31.3 Å². The third-order valence-electron chi connectivity index (χ3n) is 11.7. The lowest BCUT2D eigenvalue weighted by Crippen LogP contribution is -2.99. The highest BCUT2D eigenvalue weighted by atomic mass is 16.8. The van der Waals surface area contributed by atoms with Gasteiger partial charge >= 0.3 is 0 Å². The highest BCUT2D eigenvalue weighted by Gasteiger charge is 2.34. The SMILES string of the molecule is COc1cccc(CN(C(=O)c2cc(-c3cc([NH+]([O-])O)ccc3C(=O)N3Cc4ccccc4C[C@H]3CN3CCOCC3)n(C)c2C)c2ccc3[nH]ncc3c2)c1C. The lowest BCUT2D eigenvalue weighted by Gasteiger charge is -2.40. The number of benzene rings is 4. The van der Waals surface area contributed by atoms with Crippen LogP contribution < -0.4 is 14.9 Å². The molecule has 4 heterocycles. The molecular weight excluding hydrogens is 723 g/mol. The first-order chi connectivity index (χ1) is 27.6. The molecule has 6 aromatic rings. The number of morpholine rings is 1. The van der Waals surface area contributed by atoms with Crippen molar-refractivity contribution in [3.63, 3.8) is 0 Å². The summed E-state index contributed by atoms with van der Waals surface area (Å²) in [6.45, 7) is 8.12. The fraction of sp³-hybridized carbons (Fsp3) is 0.295. The molecule has 1 fully saturated rings. The molecule has 1 saturated heterocycles. The Kier molecular flexibility index (Phi) is 10.7. The predicted molar refractivity (Wildman–Crippen MR) is 217 cm³/mol. The molecule has 0 bridgehead atoms. The number of hydrogen-bond donors (Lipinski definition) is 3. The van der Waals surface area contributed by atoms with Crippen molar-refractivity contribution < 1.29 is 29.5 Å². The number of aromatic amines is 1. The summed E-state index contributed by atoms with van der Waals surface area (Å²) in [5.41, 5.74) is 8.22. The highest BCUT2D eigenvalue weighted by Crippen LogP contribution is 2.35. The van der Waals surface area contributed by atoms with E-state index in [9.17, 15) is 20.0 Å². The van der Waals surface area contributed by atoms with Crippen LogP contribution in [0.1, 0.15) is 48.7 Å². The average Bonchev–Trinajstić information content (AvgIpc) is 3.82. The molecule has 2 aromatic heterocycles. The van der Waals surface area contributed by atoms with Crippen LogP contribution >= 0.6 is 0 Å². The van der Waals surface area contributed by atoms with E-state index >= 15 is 0 Å². The van der Waals surface area contributed by atoms with Gasteiger partial charge in [-0.05, 0) is 78.9 Å². The lowest BCUT2D eigenvalue weighted by molar-refractivity contribution is -0.991. The van der Waals surface area contributed by atoms with Gasteiger partial charge in [0.1, 0.15) is 5.75 Å². The molecule has 8 rings (SSSR count). The molecule has 1 unspecified atom stereocenters. The van der Waals surface area contributed by atoms with Crippen LogP contribution in [0, 0.1) is 19.1 Å². The van der Waals surface area contributed by atoms with Gasteiger partial charge in [0.25, 0.3) is 11.8 Å². The number of nitrogens with one attached hydrogen (secondary N) is 2. The van der Waals surface area contributed by atoms with Crippen LogP contribution in [0.2, 0.25) is 0 Å². The van der Waals surface area contributed by atoms with Crippen LogP contribution in [0.4, 0.5) is 11.4 Å². The van der Waals surface area contributed by atoms with E-state index in [2.05, 4.69) is 27.2 Å². The highest BCUT2D eigenvalue weighted by molar-refractivity contribution is 6.09. The number of rotatable bonds is 10. The van der Waals surface area contributed by atoms with E-state index in [1.54, 1.807) is 36.4 Å². The number of methoxy groups -OCH3 is 1. The van der Waals surface area contributed by atoms with Gasteiger partial charge in [-0.1, -0.05) is 36.4 Å². The maximum Gasteiger partial charge on any atom is 0.260 e. The minimum atomic E-state index is -1.11. The van der Waals surface area contributed by atoms with Crippen LogP contribution in [-0.4, -0.2) is 87.6 Å². The Morgan fingerprint density at radius 3 is 2.56 bits per heavy atom. The first-order valence-corrected chi connectivity index (χ1v) is 19.2. The van der Waals surface area contributed by atoms with E-state index in [0.29, 0.717) is 66.5 Å². The van der Waals surface area contributed by atoms with Crippen molar-refractivity contribution >= 4 is 34.1 Å². The Morgan fingerprint density at radius 1 is 1.00 bits per heavy atom. The van der Waals surface area contributed by atoms with Gasteiger partial charge in [-0.25, -0.2) is 5.21 Å². The number of ether oxygens (including phenoxy) is 2. The van der Waals surface area contributed by atoms with E-state index in [1.807, 2.05) is 78.9 Å². The summed E-state index contributed by atoms with van der Waals surface area (Å²) in [4.78, 5) is 36.0. The largest absolute Gasteiger partial charge is 0.595 e. The van der Waals surface area contributed by atoms with Crippen molar-refractivity contribution in [2.45, 2.75) is 39.4 Å². The molecule has 2 aliphatic rings. The minimum Gasteiger partial charge on any atom is -0.595 e. The zero-order chi connectivity index (χ0) is 39.8. The van der Waals surface area contributed by atoms with Crippen molar-refractivity contribution in [1.29, 1.82) is 0 Å². The number of nitrogens with zero attached hydrogens (tertiary/aromatic N) is 5. The Bertz CT molecular complexity index is 2450. The van der Waals surface area contributed by atoms with Crippen molar-refractivity contribution in [1.82, 2.24) is 24.6 Å². The normalized spacial score (nSPS) is 16.4. The standard InChI is InChI=1S/C44H47N7O6/c1-28-31(10-7-11-42(28)56-4)25-49(34-13-15-40-33(21-34)24-45-46-40)44(53)38-23-41(47(3)29(38)2)39-22-35(51(54)55)12-14-37(39)43(52)50-26-32-9-6-5-8-30(32)20-36(50)27-48-16-18-57-19-17-48/h5-15,21-24,36,51,54H,16-20,25-27H2,1-4H3,(H,45,46)/t36-/m0/s1. The number of carbonyl (C=O) groups is 2. The van der Waals surface area contributed by atoms with Gasteiger partial charge in [-0.15, -0.1) is 0 Å². The first kappa shape index (κ1) is 38.1. The fourth-order valence-corrected chi connectivity index (χ4v) is 8.22. The molecule has 2 amide bonds. The van der Waals surface area contributed by atoms with Gasteiger partial charge in [-0.3, -0.25) is 19.6 Å². The van der Waals surface area contributed by atoms with Crippen molar-refractivity contribution in [3.8, 4) is 17.0 Å². The van der Waals surface area contributed by atoms with Gasteiger partial charge < -0.3 is 29.0 Å². The molecule has 0 radical (unpaired) electrons. The number of fused-ring (bicyclic) bond motifs is 2. The Morgan fingerprint density at radius 2 is 1.79 bits per heavy atom. The van der Waals surface area contributed by atoms with Crippen molar-refractivity contribution in [3.05, 3.63) is 135 Å². The predicted octanol–water partition coefficient (Wildman–Crippen LogP) is 5.34. The molecular formula is C44H47N7O6. The second-order valence-corrected chi connectivity index (χ2v) is 14.9. The first-order valence-electron chi connectivity index (χ1n) is 19.2. The summed E-state index contributed by atoms with van der Waals surface area (Å²) in [6, 6.07) is 26.1. The number of quaternary nitrogens is 1. The Balaban J connectivity index is 1.20. The number of carbonyl (C=O) groups excluding carboxylic acids is 2. The molecule has 2 aliphatic heterocycles. The number of aromatic nitrogens is 3. The maximum absolute atomic E-state index is 15.0. The molecule has 3 N–H and O–H groups in total. The van der Waals surface area contributed by atoms with Crippen molar-refractivity contribution in [2.75, 3.05) is 44.9 Å². The minimum absolute atomic E-state index is 0.0469.